The second-order valence-electron chi connectivity index (χ2n) is 4.37. The molecule has 0 aromatic heterocycles. The van der Waals surface area contributed by atoms with Crippen LogP contribution in [0.1, 0.15) is 29.3 Å². The Balaban J connectivity index is 2.69. The Labute approximate surface area is 106 Å². The van der Waals surface area contributed by atoms with Crippen LogP contribution in [0.3, 0.4) is 0 Å². The van der Waals surface area contributed by atoms with Crippen LogP contribution in [-0.4, -0.2) is 23.5 Å². The second-order valence-corrected chi connectivity index (χ2v) is 4.37. The molecule has 1 rings (SSSR count). The Bertz CT molecular complexity index is 458. The van der Waals surface area contributed by atoms with Crippen molar-refractivity contribution in [2.75, 3.05) is 11.9 Å². The van der Waals surface area contributed by atoms with E-state index in [0.29, 0.717) is 24.2 Å². The molecule has 0 saturated heterocycles. The highest BCUT2D eigenvalue weighted by Gasteiger charge is 2.11. The van der Waals surface area contributed by atoms with Crippen LogP contribution in [0.4, 0.5) is 5.69 Å². The Morgan fingerprint density at radius 3 is 2.67 bits per heavy atom. The van der Waals surface area contributed by atoms with Gasteiger partial charge in [0.1, 0.15) is 0 Å². The third-order valence-electron chi connectivity index (χ3n) is 2.75. The van der Waals surface area contributed by atoms with E-state index < -0.39 is 17.8 Å². The number of hydrogen-bond acceptors (Lipinski definition) is 3. The van der Waals surface area contributed by atoms with Gasteiger partial charge >= 0.3 is 5.97 Å². The molecular formula is C13H18N2O3. The second kappa shape index (κ2) is 6.05. The number of amides is 1. The SMILES string of the molecule is Cc1ccc(C(N)=O)c(NCCC(C)C(=O)O)c1. The van der Waals surface area contributed by atoms with Crippen LogP contribution in [0.15, 0.2) is 18.2 Å². The highest BCUT2D eigenvalue weighted by Crippen LogP contribution is 2.17. The number of nitrogens with one attached hydrogen (secondary N) is 1. The van der Waals surface area contributed by atoms with Gasteiger partial charge in [0, 0.05) is 12.2 Å². The van der Waals surface area contributed by atoms with Crippen LogP contribution in [-0.2, 0) is 4.79 Å². The quantitative estimate of drug-likeness (QED) is 0.715. The maximum Gasteiger partial charge on any atom is 0.306 e. The molecule has 0 fully saturated rings. The summed E-state index contributed by atoms with van der Waals surface area (Å²) in [5.41, 5.74) is 7.35. The van der Waals surface area contributed by atoms with Crippen molar-refractivity contribution in [3.05, 3.63) is 29.3 Å². The fraction of sp³-hybridized carbons (Fsp3) is 0.385. The van der Waals surface area contributed by atoms with Gasteiger partial charge in [0.25, 0.3) is 5.91 Å². The molecule has 4 N–H and O–H groups in total. The van der Waals surface area contributed by atoms with Gasteiger partial charge in [-0.2, -0.15) is 0 Å². The van der Waals surface area contributed by atoms with Gasteiger partial charge < -0.3 is 16.2 Å². The monoisotopic (exact) mass is 250 g/mol. The predicted octanol–water partition coefficient (Wildman–Crippen LogP) is 1.62. The number of carboxylic acids is 1. The maximum atomic E-state index is 11.2. The summed E-state index contributed by atoms with van der Waals surface area (Å²) >= 11 is 0. The number of benzene rings is 1. The first kappa shape index (κ1) is 14.0. The molecular weight excluding hydrogens is 232 g/mol. The van der Waals surface area contributed by atoms with Crippen molar-refractivity contribution in [3.63, 3.8) is 0 Å². The lowest BCUT2D eigenvalue weighted by Gasteiger charge is -2.12. The molecule has 0 aliphatic rings. The van der Waals surface area contributed by atoms with Gasteiger partial charge in [-0.3, -0.25) is 9.59 Å². The van der Waals surface area contributed by atoms with Crippen LogP contribution in [0, 0.1) is 12.8 Å². The number of carboxylic acid groups (broad SMARTS) is 1. The van der Waals surface area contributed by atoms with Crippen LogP contribution in [0.5, 0.6) is 0 Å². The normalized spacial score (nSPS) is 11.9. The zero-order valence-electron chi connectivity index (χ0n) is 10.6. The van der Waals surface area contributed by atoms with E-state index in [1.165, 1.54) is 0 Å². The molecule has 1 amide bonds. The molecule has 1 atom stereocenters. The lowest BCUT2D eigenvalue weighted by atomic mass is 10.1. The van der Waals surface area contributed by atoms with Crippen molar-refractivity contribution in [1.29, 1.82) is 0 Å². The van der Waals surface area contributed by atoms with Crippen molar-refractivity contribution in [2.24, 2.45) is 11.7 Å². The number of nitrogens with two attached hydrogens (primary N) is 1. The molecule has 0 spiro atoms. The van der Waals surface area contributed by atoms with Gasteiger partial charge in [-0.25, -0.2) is 0 Å². The molecule has 0 heterocycles. The highest BCUT2D eigenvalue weighted by molar-refractivity contribution is 5.98. The first-order valence-electron chi connectivity index (χ1n) is 5.79. The number of rotatable bonds is 6. The van der Waals surface area contributed by atoms with E-state index in [1.54, 1.807) is 13.0 Å². The molecule has 98 valence electrons. The number of primary amides is 1. The van der Waals surface area contributed by atoms with E-state index in [-0.39, 0.29) is 0 Å². The number of carbonyl (C=O) groups excluding carboxylic acids is 1. The molecule has 5 nitrogen and oxygen atoms in total. The van der Waals surface area contributed by atoms with Gasteiger partial charge in [0.2, 0.25) is 0 Å². The third-order valence-corrected chi connectivity index (χ3v) is 2.75. The highest BCUT2D eigenvalue weighted by atomic mass is 16.4. The third kappa shape index (κ3) is 3.76. The lowest BCUT2D eigenvalue weighted by molar-refractivity contribution is -0.141. The molecule has 5 heteroatoms. The number of aliphatic carboxylic acids is 1. The molecule has 0 aliphatic carbocycles. The average molecular weight is 250 g/mol. The van der Waals surface area contributed by atoms with E-state index >= 15 is 0 Å². The largest absolute Gasteiger partial charge is 0.481 e. The minimum absolute atomic E-state index is 0.417. The minimum atomic E-state index is -0.823. The fourth-order valence-corrected chi connectivity index (χ4v) is 1.57. The van der Waals surface area contributed by atoms with E-state index in [1.807, 2.05) is 19.1 Å². The smallest absolute Gasteiger partial charge is 0.306 e. The van der Waals surface area contributed by atoms with E-state index in [2.05, 4.69) is 5.32 Å². The Morgan fingerprint density at radius 2 is 2.11 bits per heavy atom. The van der Waals surface area contributed by atoms with Crippen LogP contribution < -0.4 is 11.1 Å². The predicted molar refractivity (Wildman–Crippen MR) is 69.6 cm³/mol. The standard InChI is InChI=1S/C13H18N2O3/c1-8-3-4-10(12(14)16)11(7-8)15-6-5-9(2)13(17)18/h3-4,7,9,15H,5-6H2,1-2H3,(H2,14,16)(H,17,18). The Morgan fingerprint density at radius 1 is 1.44 bits per heavy atom. The molecule has 0 saturated carbocycles. The summed E-state index contributed by atoms with van der Waals surface area (Å²) in [5, 5.41) is 11.8. The summed E-state index contributed by atoms with van der Waals surface area (Å²) in [4.78, 5) is 21.9. The van der Waals surface area contributed by atoms with Crippen molar-refractivity contribution < 1.29 is 14.7 Å². The number of anilines is 1. The molecule has 0 aliphatic heterocycles. The van der Waals surface area contributed by atoms with Crippen molar-refractivity contribution >= 4 is 17.6 Å². The summed E-state index contributed by atoms with van der Waals surface area (Å²) in [6.45, 7) is 4.04. The molecule has 1 aromatic rings. The molecule has 0 bridgehead atoms. The summed E-state index contributed by atoms with van der Waals surface area (Å²) in [6, 6.07) is 5.30. The topological polar surface area (TPSA) is 92.4 Å². The number of aryl methyl sites for hydroxylation is 1. The van der Waals surface area contributed by atoms with E-state index in [4.69, 9.17) is 10.8 Å². The minimum Gasteiger partial charge on any atom is -0.481 e. The zero-order chi connectivity index (χ0) is 13.7. The van der Waals surface area contributed by atoms with Crippen molar-refractivity contribution in [1.82, 2.24) is 0 Å². The summed E-state index contributed by atoms with van der Waals surface area (Å²) < 4.78 is 0. The summed E-state index contributed by atoms with van der Waals surface area (Å²) in [5.74, 6) is -1.74. The first-order valence-corrected chi connectivity index (χ1v) is 5.79. The van der Waals surface area contributed by atoms with Gasteiger partial charge in [-0.1, -0.05) is 13.0 Å². The lowest BCUT2D eigenvalue weighted by Crippen LogP contribution is -2.17. The van der Waals surface area contributed by atoms with Gasteiger partial charge in [-0.05, 0) is 31.0 Å². The van der Waals surface area contributed by atoms with Gasteiger partial charge in [-0.15, -0.1) is 0 Å². The average Bonchev–Trinajstić information content (AvgIpc) is 2.28. The van der Waals surface area contributed by atoms with Crippen LogP contribution in [0.2, 0.25) is 0 Å². The Hall–Kier alpha value is -2.04. The number of hydrogen-bond donors (Lipinski definition) is 3. The van der Waals surface area contributed by atoms with Gasteiger partial charge in [0.05, 0.1) is 11.5 Å². The first-order chi connectivity index (χ1) is 8.41. The van der Waals surface area contributed by atoms with Crippen molar-refractivity contribution in [3.8, 4) is 0 Å². The van der Waals surface area contributed by atoms with Gasteiger partial charge in [0.15, 0.2) is 0 Å². The number of carbonyl (C=O) groups is 2. The summed E-state index contributed by atoms with van der Waals surface area (Å²) in [6.07, 6.45) is 0.488. The van der Waals surface area contributed by atoms with Crippen LogP contribution >= 0.6 is 0 Å². The molecule has 0 radical (unpaired) electrons. The maximum absolute atomic E-state index is 11.2. The van der Waals surface area contributed by atoms with Crippen molar-refractivity contribution in [2.45, 2.75) is 20.3 Å². The molecule has 1 aromatic carbocycles. The van der Waals surface area contributed by atoms with E-state index in [0.717, 1.165) is 5.56 Å². The van der Waals surface area contributed by atoms with Crippen LogP contribution in [0.25, 0.3) is 0 Å². The summed E-state index contributed by atoms with van der Waals surface area (Å²) in [7, 11) is 0. The fourth-order valence-electron chi connectivity index (χ4n) is 1.57. The molecule has 1 unspecified atom stereocenters. The zero-order valence-corrected chi connectivity index (χ0v) is 10.6. The molecule has 18 heavy (non-hydrogen) atoms. The van der Waals surface area contributed by atoms with E-state index in [9.17, 15) is 9.59 Å². The Kier molecular flexibility index (Phi) is 4.71.